The number of aliphatic carboxylic acids is 1. The second kappa shape index (κ2) is 9.56. The van der Waals surface area contributed by atoms with E-state index in [-0.39, 0.29) is 11.4 Å². The number of amidine groups is 1. The van der Waals surface area contributed by atoms with Crippen LogP contribution in [0.25, 0.3) is 11.1 Å². The van der Waals surface area contributed by atoms with Crippen molar-refractivity contribution in [2.45, 2.75) is 64.0 Å². The highest BCUT2D eigenvalue weighted by Gasteiger charge is 2.51. The molecule has 38 heavy (non-hydrogen) atoms. The van der Waals surface area contributed by atoms with Crippen LogP contribution in [-0.4, -0.2) is 65.1 Å². The van der Waals surface area contributed by atoms with E-state index in [0.29, 0.717) is 38.5 Å². The Morgan fingerprint density at radius 1 is 1.18 bits per heavy atom. The van der Waals surface area contributed by atoms with Crippen LogP contribution in [0.1, 0.15) is 63.0 Å². The molecule has 7 nitrogen and oxygen atoms in total. The maximum atomic E-state index is 13.6. The number of ether oxygens (including phenoxy) is 1. The Hall–Kier alpha value is -3.13. The van der Waals surface area contributed by atoms with Gasteiger partial charge in [-0.1, -0.05) is 17.3 Å². The molecule has 0 amide bonds. The molecule has 6 rings (SSSR count). The van der Waals surface area contributed by atoms with Crippen molar-refractivity contribution in [1.82, 2.24) is 9.80 Å². The highest BCUT2D eigenvalue weighted by molar-refractivity contribution is 5.85. The van der Waals surface area contributed by atoms with Crippen molar-refractivity contribution < 1.29 is 23.9 Å². The van der Waals surface area contributed by atoms with Crippen molar-refractivity contribution in [3.8, 4) is 16.9 Å². The van der Waals surface area contributed by atoms with Crippen molar-refractivity contribution in [3.63, 3.8) is 0 Å². The average Bonchev–Trinajstić information content (AvgIpc) is 3.63. The molecule has 1 saturated carbocycles. The molecule has 3 heterocycles. The van der Waals surface area contributed by atoms with E-state index in [0.717, 1.165) is 48.8 Å². The summed E-state index contributed by atoms with van der Waals surface area (Å²) in [6.45, 7) is 8.26. The van der Waals surface area contributed by atoms with Gasteiger partial charge in [0.25, 0.3) is 0 Å². The normalized spacial score (nSPS) is 22.1. The van der Waals surface area contributed by atoms with Crippen molar-refractivity contribution in [1.29, 1.82) is 0 Å². The largest absolute Gasteiger partial charge is 0.493 e. The Labute approximate surface area is 223 Å². The SMILES string of the molecule is CCOc1cc(CN2CC3(CC(N4CCC(C)(C(=O)O)CC4)=NO3)C2)c(C2CC2)cc1-c1ccc(F)cc1. The van der Waals surface area contributed by atoms with Crippen LogP contribution in [0.4, 0.5) is 4.39 Å². The van der Waals surface area contributed by atoms with E-state index in [1.54, 1.807) is 0 Å². The second-order valence-corrected chi connectivity index (χ2v) is 11.7. The molecule has 4 aliphatic rings. The van der Waals surface area contributed by atoms with Gasteiger partial charge in [-0.05, 0) is 86.4 Å². The van der Waals surface area contributed by atoms with Crippen LogP contribution in [0.15, 0.2) is 41.6 Å². The van der Waals surface area contributed by atoms with E-state index in [1.807, 2.05) is 26.0 Å². The molecular weight excluding hydrogens is 485 g/mol. The van der Waals surface area contributed by atoms with Crippen LogP contribution in [0.3, 0.4) is 0 Å². The summed E-state index contributed by atoms with van der Waals surface area (Å²) in [6, 6.07) is 11.1. The predicted molar refractivity (Wildman–Crippen MR) is 143 cm³/mol. The Kier molecular flexibility index (Phi) is 6.33. The van der Waals surface area contributed by atoms with Gasteiger partial charge in [0.1, 0.15) is 17.4 Å². The summed E-state index contributed by atoms with van der Waals surface area (Å²) in [5.74, 6) is 1.42. The lowest BCUT2D eigenvalue weighted by molar-refractivity contribution is -0.150. The van der Waals surface area contributed by atoms with Crippen molar-refractivity contribution >= 4 is 11.8 Å². The van der Waals surface area contributed by atoms with Gasteiger partial charge in [0.2, 0.25) is 0 Å². The van der Waals surface area contributed by atoms with Gasteiger partial charge >= 0.3 is 5.97 Å². The maximum absolute atomic E-state index is 13.6. The number of hydrogen-bond acceptors (Lipinski definition) is 6. The fourth-order valence-corrected chi connectivity index (χ4v) is 6.11. The van der Waals surface area contributed by atoms with E-state index in [2.05, 4.69) is 27.1 Å². The number of halogens is 1. The van der Waals surface area contributed by atoms with E-state index >= 15 is 0 Å². The lowest BCUT2D eigenvalue weighted by atomic mass is 9.80. The number of oxime groups is 1. The second-order valence-electron chi connectivity index (χ2n) is 11.7. The Bertz CT molecular complexity index is 1240. The van der Waals surface area contributed by atoms with Crippen molar-refractivity contribution in [2.24, 2.45) is 10.6 Å². The molecule has 2 aromatic rings. The third-order valence-electron chi connectivity index (χ3n) is 8.70. The van der Waals surface area contributed by atoms with Gasteiger partial charge in [0.15, 0.2) is 5.60 Å². The fourth-order valence-electron chi connectivity index (χ4n) is 6.11. The molecule has 2 aromatic carbocycles. The number of likely N-dealkylation sites (tertiary alicyclic amines) is 2. The van der Waals surface area contributed by atoms with Gasteiger partial charge in [-0.3, -0.25) is 9.69 Å². The summed E-state index contributed by atoms with van der Waals surface area (Å²) >= 11 is 0. The highest BCUT2D eigenvalue weighted by Crippen LogP contribution is 2.46. The standard InChI is InChI=1S/C30H36FN3O4/c1-3-37-26-14-22(24(20-4-5-20)15-25(26)21-6-8-23(31)9-7-21)17-33-18-30(19-33)16-27(32-38-30)34-12-10-29(2,11-13-34)28(35)36/h6-9,14-15,20H,3-5,10-13,16-19H2,1-2H3,(H,35,36). The molecule has 0 atom stereocenters. The molecule has 3 aliphatic heterocycles. The monoisotopic (exact) mass is 521 g/mol. The number of nitrogens with zero attached hydrogens (tertiary/aromatic N) is 3. The summed E-state index contributed by atoms with van der Waals surface area (Å²) in [6.07, 6.45) is 4.42. The van der Waals surface area contributed by atoms with Crippen LogP contribution in [0.2, 0.25) is 0 Å². The zero-order chi connectivity index (χ0) is 26.5. The van der Waals surface area contributed by atoms with E-state index in [4.69, 9.17) is 9.57 Å². The van der Waals surface area contributed by atoms with Crippen molar-refractivity contribution in [3.05, 3.63) is 53.3 Å². The van der Waals surface area contributed by atoms with E-state index < -0.39 is 11.4 Å². The van der Waals surface area contributed by atoms with E-state index in [9.17, 15) is 14.3 Å². The van der Waals surface area contributed by atoms with Crippen LogP contribution < -0.4 is 4.74 Å². The lowest BCUT2D eigenvalue weighted by Crippen LogP contribution is -2.61. The Morgan fingerprint density at radius 2 is 1.89 bits per heavy atom. The number of piperidine rings is 1. The number of hydrogen-bond donors (Lipinski definition) is 1. The smallest absolute Gasteiger partial charge is 0.309 e. The maximum Gasteiger partial charge on any atom is 0.309 e. The van der Waals surface area contributed by atoms with Gasteiger partial charge < -0.3 is 19.6 Å². The van der Waals surface area contributed by atoms with Crippen LogP contribution in [-0.2, 0) is 16.2 Å². The summed E-state index contributed by atoms with van der Waals surface area (Å²) in [5, 5.41) is 14.0. The third kappa shape index (κ3) is 4.75. The fraction of sp³-hybridized carbons (Fsp3) is 0.533. The molecule has 8 heteroatoms. The Morgan fingerprint density at radius 3 is 2.53 bits per heavy atom. The predicted octanol–water partition coefficient (Wildman–Crippen LogP) is 5.24. The number of carboxylic acid groups (broad SMARTS) is 1. The summed E-state index contributed by atoms with van der Waals surface area (Å²) in [4.78, 5) is 22.2. The van der Waals surface area contributed by atoms with Gasteiger partial charge in [-0.25, -0.2) is 4.39 Å². The minimum Gasteiger partial charge on any atom is -0.493 e. The van der Waals surface area contributed by atoms with Gasteiger partial charge in [0, 0.05) is 38.3 Å². The number of carboxylic acids is 1. The molecule has 1 spiro atoms. The van der Waals surface area contributed by atoms with Gasteiger partial charge in [0.05, 0.1) is 18.4 Å². The lowest BCUT2D eigenvalue weighted by Gasteiger charge is -2.46. The first-order chi connectivity index (χ1) is 18.3. The molecule has 1 aliphatic carbocycles. The highest BCUT2D eigenvalue weighted by atomic mass is 19.1. The molecule has 3 fully saturated rings. The number of rotatable bonds is 7. The molecule has 0 radical (unpaired) electrons. The average molecular weight is 522 g/mol. The van der Waals surface area contributed by atoms with Gasteiger partial charge in [-0.2, -0.15) is 0 Å². The zero-order valence-electron chi connectivity index (χ0n) is 22.2. The first-order valence-electron chi connectivity index (χ1n) is 13.8. The molecule has 0 aromatic heterocycles. The summed E-state index contributed by atoms with van der Waals surface area (Å²) in [7, 11) is 0. The molecule has 0 bridgehead atoms. The van der Waals surface area contributed by atoms with Crippen LogP contribution in [0.5, 0.6) is 5.75 Å². The van der Waals surface area contributed by atoms with Crippen LogP contribution >= 0.6 is 0 Å². The zero-order valence-corrected chi connectivity index (χ0v) is 22.2. The van der Waals surface area contributed by atoms with Crippen LogP contribution in [0, 0.1) is 11.2 Å². The molecule has 0 unspecified atom stereocenters. The number of benzene rings is 2. The number of carbonyl (C=O) groups is 1. The first kappa shape index (κ1) is 25.2. The molecule has 202 valence electrons. The van der Waals surface area contributed by atoms with Crippen molar-refractivity contribution in [2.75, 3.05) is 32.8 Å². The summed E-state index contributed by atoms with van der Waals surface area (Å²) in [5.41, 5.74) is 3.73. The molecule has 1 N–H and O–H groups in total. The van der Waals surface area contributed by atoms with E-state index in [1.165, 1.54) is 36.1 Å². The topological polar surface area (TPSA) is 74.6 Å². The quantitative estimate of drug-likeness (QED) is 0.537. The Balaban J connectivity index is 1.12. The summed E-state index contributed by atoms with van der Waals surface area (Å²) < 4.78 is 19.6. The minimum absolute atomic E-state index is 0.238. The third-order valence-corrected chi connectivity index (χ3v) is 8.70. The first-order valence-corrected chi connectivity index (χ1v) is 13.8. The molecular formula is C30H36FN3O4. The molecule has 2 saturated heterocycles. The minimum atomic E-state index is -0.711. The van der Waals surface area contributed by atoms with Gasteiger partial charge in [-0.15, -0.1) is 0 Å².